The standard InChI is InChI=1S/C23H28F4N2O/c24-20-11-17(5-6-22(20)30)19-8-10-29(14-21(19)25)18-7-9-28(13-18)12-15-1-3-16(4-2-15)23(26)27/h1-6,17-19,21,23,30H,7-14H2/t17?,18-,19+,21-/m1/s1. The van der Waals surface area contributed by atoms with E-state index in [2.05, 4.69) is 9.80 Å². The average molecular weight is 424 g/mol. The largest absolute Gasteiger partial charge is 0.505 e. The van der Waals surface area contributed by atoms with Gasteiger partial charge in [0, 0.05) is 44.2 Å². The Morgan fingerprint density at radius 1 is 1.07 bits per heavy atom. The van der Waals surface area contributed by atoms with Crippen LogP contribution < -0.4 is 0 Å². The normalized spacial score (nSPS) is 31.1. The summed E-state index contributed by atoms with van der Waals surface area (Å²) in [5.41, 5.74) is 1.04. The van der Waals surface area contributed by atoms with E-state index in [1.807, 2.05) is 0 Å². The molecular weight excluding hydrogens is 396 g/mol. The van der Waals surface area contributed by atoms with Crippen LogP contribution in [0.3, 0.4) is 0 Å². The molecule has 1 unspecified atom stereocenters. The predicted octanol–water partition coefficient (Wildman–Crippen LogP) is 5.17. The van der Waals surface area contributed by atoms with E-state index in [9.17, 15) is 22.7 Å². The van der Waals surface area contributed by atoms with Gasteiger partial charge in [-0.3, -0.25) is 9.80 Å². The molecule has 4 rings (SSSR count). The zero-order valence-corrected chi connectivity index (χ0v) is 16.9. The summed E-state index contributed by atoms with van der Waals surface area (Å²) in [5.74, 6) is -1.31. The molecule has 0 amide bonds. The fourth-order valence-electron chi connectivity index (χ4n) is 5.02. The Balaban J connectivity index is 1.28. The Morgan fingerprint density at radius 3 is 2.50 bits per heavy atom. The molecule has 1 aromatic rings. The molecule has 0 saturated carbocycles. The number of likely N-dealkylation sites (tertiary alicyclic amines) is 2. The summed E-state index contributed by atoms with van der Waals surface area (Å²) in [6.07, 6.45) is 1.34. The Kier molecular flexibility index (Phi) is 6.48. The maximum absolute atomic E-state index is 15.0. The van der Waals surface area contributed by atoms with Crippen LogP contribution >= 0.6 is 0 Å². The molecule has 1 aromatic carbocycles. The van der Waals surface area contributed by atoms with Gasteiger partial charge in [-0.15, -0.1) is 0 Å². The first-order valence-electron chi connectivity index (χ1n) is 10.6. The van der Waals surface area contributed by atoms with E-state index in [1.54, 1.807) is 18.2 Å². The van der Waals surface area contributed by atoms with E-state index in [1.165, 1.54) is 18.2 Å². The van der Waals surface area contributed by atoms with Crippen molar-refractivity contribution < 1.29 is 22.7 Å². The number of hydrogen-bond acceptors (Lipinski definition) is 3. The number of aliphatic hydroxyl groups is 1. The zero-order chi connectivity index (χ0) is 21.3. The minimum atomic E-state index is -2.45. The number of piperidine rings is 1. The van der Waals surface area contributed by atoms with Crippen LogP contribution in [0.15, 0.2) is 48.0 Å². The second kappa shape index (κ2) is 9.10. The van der Waals surface area contributed by atoms with Crippen molar-refractivity contribution in [2.45, 2.75) is 44.4 Å². The molecule has 1 N–H and O–H groups in total. The predicted molar refractivity (Wildman–Crippen MR) is 108 cm³/mol. The van der Waals surface area contributed by atoms with Crippen molar-refractivity contribution in [2.24, 2.45) is 11.8 Å². The van der Waals surface area contributed by atoms with Gasteiger partial charge in [0.15, 0.2) is 0 Å². The molecule has 164 valence electrons. The summed E-state index contributed by atoms with van der Waals surface area (Å²) >= 11 is 0. The Labute approximate surface area is 174 Å². The first-order valence-corrected chi connectivity index (χ1v) is 10.6. The first kappa shape index (κ1) is 21.4. The van der Waals surface area contributed by atoms with Crippen molar-refractivity contribution >= 4 is 0 Å². The molecule has 30 heavy (non-hydrogen) atoms. The Hall–Kier alpha value is -1.86. The van der Waals surface area contributed by atoms with Gasteiger partial charge in [-0.25, -0.2) is 17.6 Å². The number of rotatable bonds is 5. The number of allylic oxidation sites excluding steroid dienone is 3. The molecule has 4 atom stereocenters. The van der Waals surface area contributed by atoms with Crippen LogP contribution in [0, 0.1) is 11.8 Å². The fraction of sp³-hybridized carbons (Fsp3) is 0.565. The van der Waals surface area contributed by atoms with Gasteiger partial charge in [-0.1, -0.05) is 30.3 Å². The second-order valence-corrected chi connectivity index (χ2v) is 8.70. The first-order chi connectivity index (χ1) is 14.4. The maximum Gasteiger partial charge on any atom is 0.263 e. The van der Waals surface area contributed by atoms with Gasteiger partial charge in [0.05, 0.1) is 0 Å². The van der Waals surface area contributed by atoms with Crippen LogP contribution in [0.5, 0.6) is 0 Å². The molecule has 0 bridgehead atoms. The lowest BCUT2D eigenvalue weighted by atomic mass is 9.79. The van der Waals surface area contributed by atoms with Gasteiger partial charge in [0.1, 0.15) is 17.8 Å². The van der Waals surface area contributed by atoms with Gasteiger partial charge >= 0.3 is 0 Å². The number of benzene rings is 1. The summed E-state index contributed by atoms with van der Waals surface area (Å²) in [6, 6.07) is 6.74. The van der Waals surface area contributed by atoms with Crippen molar-refractivity contribution in [2.75, 3.05) is 26.2 Å². The summed E-state index contributed by atoms with van der Waals surface area (Å²) < 4.78 is 54.1. The van der Waals surface area contributed by atoms with Crippen LogP contribution in [0.4, 0.5) is 17.6 Å². The van der Waals surface area contributed by atoms with E-state index in [0.29, 0.717) is 19.5 Å². The maximum atomic E-state index is 15.0. The van der Waals surface area contributed by atoms with Gasteiger partial charge in [0.25, 0.3) is 6.43 Å². The van der Waals surface area contributed by atoms with Crippen molar-refractivity contribution in [1.82, 2.24) is 9.80 Å². The molecule has 2 fully saturated rings. The van der Waals surface area contributed by atoms with Crippen LogP contribution in [0.25, 0.3) is 0 Å². The third-order valence-electron chi connectivity index (χ3n) is 6.77. The van der Waals surface area contributed by atoms with Crippen molar-refractivity contribution in [1.29, 1.82) is 0 Å². The van der Waals surface area contributed by atoms with Crippen LogP contribution in [0.2, 0.25) is 0 Å². The molecule has 3 nitrogen and oxygen atoms in total. The number of alkyl halides is 3. The molecule has 2 aliphatic heterocycles. The van der Waals surface area contributed by atoms with Crippen molar-refractivity contribution in [3.8, 4) is 0 Å². The summed E-state index contributed by atoms with van der Waals surface area (Å²) in [4.78, 5) is 4.49. The number of hydrogen-bond donors (Lipinski definition) is 1. The highest BCUT2D eigenvalue weighted by Gasteiger charge is 2.39. The van der Waals surface area contributed by atoms with Gasteiger partial charge in [0.2, 0.25) is 0 Å². The molecule has 3 aliphatic rings. The van der Waals surface area contributed by atoms with E-state index < -0.39 is 18.4 Å². The van der Waals surface area contributed by atoms with Crippen LogP contribution in [-0.2, 0) is 6.54 Å². The lowest BCUT2D eigenvalue weighted by Crippen LogP contribution is -2.49. The topological polar surface area (TPSA) is 26.7 Å². The number of aliphatic hydroxyl groups excluding tert-OH is 1. The molecule has 2 saturated heterocycles. The van der Waals surface area contributed by atoms with Crippen molar-refractivity contribution in [3.63, 3.8) is 0 Å². The smallest absolute Gasteiger partial charge is 0.263 e. The highest BCUT2D eigenvalue weighted by molar-refractivity contribution is 5.24. The summed E-state index contributed by atoms with van der Waals surface area (Å²) in [6.45, 7) is 3.58. The third kappa shape index (κ3) is 4.72. The van der Waals surface area contributed by atoms with Crippen LogP contribution in [-0.4, -0.2) is 53.3 Å². The SMILES string of the molecule is OC1=C(F)CC([C@@H]2CCN([C@@H]3CCN(Cc4ccc(C(F)F)cc4)C3)C[C@H]2F)C=C1. The van der Waals surface area contributed by atoms with Gasteiger partial charge < -0.3 is 5.11 Å². The highest BCUT2D eigenvalue weighted by Crippen LogP contribution is 2.37. The van der Waals surface area contributed by atoms with E-state index >= 15 is 0 Å². The van der Waals surface area contributed by atoms with Gasteiger partial charge in [-0.05, 0) is 42.9 Å². The molecule has 1 aliphatic carbocycles. The molecule has 0 aromatic heterocycles. The summed E-state index contributed by atoms with van der Waals surface area (Å²) in [5, 5.41) is 9.39. The minimum absolute atomic E-state index is 0.0355. The van der Waals surface area contributed by atoms with E-state index in [-0.39, 0.29) is 35.6 Å². The monoisotopic (exact) mass is 424 g/mol. The van der Waals surface area contributed by atoms with Crippen LogP contribution in [0.1, 0.15) is 36.8 Å². The molecular formula is C23H28F4N2O. The summed E-state index contributed by atoms with van der Waals surface area (Å²) in [7, 11) is 0. The lowest BCUT2D eigenvalue weighted by Gasteiger charge is -2.40. The van der Waals surface area contributed by atoms with Gasteiger partial charge in [-0.2, -0.15) is 0 Å². The zero-order valence-electron chi connectivity index (χ0n) is 16.9. The third-order valence-corrected chi connectivity index (χ3v) is 6.77. The Bertz CT molecular complexity index is 795. The van der Waals surface area contributed by atoms with E-state index in [4.69, 9.17) is 0 Å². The number of halogens is 4. The van der Waals surface area contributed by atoms with E-state index in [0.717, 1.165) is 31.6 Å². The average Bonchev–Trinajstić information content (AvgIpc) is 3.19. The molecule has 2 heterocycles. The highest BCUT2D eigenvalue weighted by atomic mass is 19.3. The minimum Gasteiger partial charge on any atom is -0.505 e. The lowest BCUT2D eigenvalue weighted by molar-refractivity contribution is 0.0390. The Morgan fingerprint density at radius 2 is 1.83 bits per heavy atom. The quantitative estimate of drug-likeness (QED) is 0.661. The molecule has 0 spiro atoms. The fourth-order valence-corrected chi connectivity index (χ4v) is 5.02. The van der Waals surface area contributed by atoms with Crippen molar-refractivity contribution in [3.05, 3.63) is 59.1 Å². The second-order valence-electron chi connectivity index (χ2n) is 8.70. The number of nitrogens with zero attached hydrogens (tertiary/aromatic N) is 2. The molecule has 0 radical (unpaired) electrons. The molecule has 7 heteroatoms.